The molecule has 0 rings (SSSR count). The lowest BCUT2D eigenvalue weighted by atomic mass is 10.1. The zero-order chi connectivity index (χ0) is 14.9. The van der Waals surface area contributed by atoms with Gasteiger partial charge in [0, 0.05) is 13.0 Å². The summed E-state index contributed by atoms with van der Waals surface area (Å²) in [7, 11) is 0. The van der Waals surface area contributed by atoms with Crippen LogP contribution in [0, 0.1) is 0 Å². The lowest BCUT2D eigenvalue weighted by molar-refractivity contribution is -0.121. The number of hydrogen-bond donors (Lipinski definition) is 2. The fourth-order valence-corrected chi connectivity index (χ4v) is 2.22. The first-order valence-corrected chi connectivity index (χ1v) is 8.39. The van der Waals surface area contributed by atoms with Crippen LogP contribution < -0.4 is 11.2 Å². The van der Waals surface area contributed by atoms with Gasteiger partial charge < -0.3 is 10.2 Å². The van der Waals surface area contributed by atoms with Gasteiger partial charge in [0.1, 0.15) is 0 Å². The van der Waals surface area contributed by atoms with Crippen LogP contribution in [0.4, 0.5) is 0 Å². The second kappa shape index (κ2) is 16.4. The van der Waals surface area contributed by atoms with Gasteiger partial charge in [-0.1, -0.05) is 58.3 Å². The van der Waals surface area contributed by atoms with Crippen molar-refractivity contribution in [2.45, 2.75) is 84.0 Å². The maximum absolute atomic E-state index is 11.5. The van der Waals surface area contributed by atoms with E-state index in [0.29, 0.717) is 13.0 Å². The summed E-state index contributed by atoms with van der Waals surface area (Å²) in [5.41, 5.74) is 0. The standard InChI is InChI=1S/C16H34N2O2/c1-2-3-4-7-10-13-16(19)18-14-11-8-5-6-9-12-15-20-17/h2-15,17H2,1H3,(H,18,19). The summed E-state index contributed by atoms with van der Waals surface area (Å²) in [4.78, 5) is 16.1. The van der Waals surface area contributed by atoms with Crippen LogP contribution in [0.2, 0.25) is 0 Å². The van der Waals surface area contributed by atoms with Crippen molar-refractivity contribution < 1.29 is 9.63 Å². The molecule has 0 fully saturated rings. The molecule has 0 unspecified atom stereocenters. The van der Waals surface area contributed by atoms with E-state index < -0.39 is 0 Å². The molecule has 0 aliphatic rings. The second-order valence-electron chi connectivity index (χ2n) is 5.51. The van der Waals surface area contributed by atoms with Gasteiger partial charge in [-0.2, -0.15) is 0 Å². The summed E-state index contributed by atoms with van der Waals surface area (Å²) in [5.74, 6) is 5.18. The quantitative estimate of drug-likeness (QED) is 0.356. The molecule has 0 spiro atoms. The molecule has 0 aromatic carbocycles. The van der Waals surface area contributed by atoms with Crippen molar-refractivity contribution in [3.63, 3.8) is 0 Å². The van der Waals surface area contributed by atoms with Gasteiger partial charge in [0.2, 0.25) is 5.91 Å². The van der Waals surface area contributed by atoms with Crippen LogP contribution in [0.5, 0.6) is 0 Å². The van der Waals surface area contributed by atoms with E-state index in [2.05, 4.69) is 17.1 Å². The molecular formula is C16H34N2O2. The Bertz CT molecular complexity index is 211. The number of carbonyl (C=O) groups is 1. The third kappa shape index (κ3) is 15.4. The van der Waals surface area contributed by atoms with Gasteiger partial charge in [0.15, 0.2) is 0 Å². The Balaban J connectivity index is 3.11. The smallest absolute Gasteiger partial charge is 0.219 e. The third-order valence-corrected chi connectivity index (χ3v) is 3.52. The Kier molecular flexibility index (Phi) is 15.9. The minimum atomic E-state index is 0.224. The Morgan fingerprint density at radius 2 is 1.50 bits per heavy atom. The minimum Gasteiger partial charge on any atom is -0.356 e. The predicted molar refractivity (Wildman–Crippen MR) is 84.2 cm³/mol. The number of unbranched alkanes of at least 4 members (excludes halogenated alkanes) is 9. The molecule has 0 heterocycles. The van der Waals surface area contributed by atoms with E-state index in [1.165, 1.54) is 51.4 Å². The molecule has 120 valence electrons. The van der Waals surface area contributed by atoms with Crippen molar-refractivity contribution in [2.75, 3.05) is 13.2 Å². The number of rotatable bonds is 15. The monoisotopic (exact) mass is 286 g/mol. The summed E-state index contributed by atoms with van der Waals surface area (Å²) in [5, 5.41) is 3.01. The van der Waals surface area contributed by atoms with Crippen molar-refractivity contribution >= 4 is 5.91 Å². The maximum Gasteiger partial charge on any atom is 0.219 e. The van der Waals surface area contributed by atoms with Crippen LogP contribution in [-0.2, 0) is 9.63 Å². The van der Waals surface area contributed by atoms with Gasteiger partial charge in [-0.3, -0.25) is 4.79 Å². The van der Waals surface area contributed by atoms with Crippen molar-refractivity contribution in [3.8, 4) is 0 Å². The van der Waals surface area contributed by atoms with E-state index in [0.717, 1.165) is 25.8 Å². The molecule has 0 radical (unpaired) electrons. The molecule has 3 N–H and O–H groups in total. The first-order valence-electron chi connectivity index (χ1n) is 8.39. The Hall–Kier alpha value is -0.610. The van der Waals surface area contributed by atoms with E-state index in [9.17, 15) is 4.79 Å². The molecule has 0 saturated heterocycles. The SMILES string of the molecule is CCCCCCCC(=O)NCCCCCCCCON. The van der Waals surface area contributed by atoms with Gasteiger partial charge in [0.25, 0.3) is 0 Å². The van der Waals surface area contributed by atoms with Crippen molar-refractivity contribution in [2.24, 2.45) is 5.90 Å². The molecule has 4 nitrogen and oxygen atoms in total. The largest absolute Gasteiger partial charge is 0.356 e. The highest BCUT2D eigenvalue weighted by molar-refractivity contribution is 5.75. The van der Waals surface area contributed by atoms with Gasteiger partial charge in [-0.15, -0.1) is 0 Å². The molecule has 0 atom stereocenters. The van der Waals surface area contributed by atoms with Crippen molar-refractivity contribution in [1.29, 1.82) is 0 Å². The van der Waals surface area contributed by atoms with Crippen LogP contribution in [0.25, 0.3) is 0 Å². The topological polar surface area (TPSA) is 64.3 Å². The minimum absolute atomic E-state index is 0.224. The van der Waals surface area contributed by atoms with Crippen molar-refractivity contribution in [1.82, 2.24) is 5.32 Å². The third-order valence-electron chi connectivity index (χ3n) is 3.52. The van der Waals surface area contributed by atoms with E-state index in [-0.39, 0.29) is 5.91 Å². The molecule has 0 saturated carbocycles. The van der Waals surface area contributed by atoms with E-state index in [4.69, 9.17) is 5.90 Å². The maximum atomic E-state index is 11.5. The molecule has 1 amide bonds. The van der Waals surface area contributed by atoms with Crippen LogP contribution in [0.15, 0.2) is 0 Å². The van der Waals surface area contributed by atoms with E-state index in [1.54, 1.807) is 0 Å². The van der Waals surface area contributed by atoms with Gasteiger partial charge in [-0.05, 0) is 19.3 Å². The average molecular weight is 286 g/mol. The number of amides is 1. The normalized spacial score (nSPS) is 10.7. The van der Waals surface area contributed by atoms with Crippen LogP contribution in [0.3, 0.4) is 0 Å². The summed E-state index contributed by atoms with van der Waals surface area (Å²) >= 11 is 0. The first-order chi connectivity index (χ1) is 9.81. The molecule has 4 heteroatoms. The lowest BCUT2D eigenvalue weighted by Gasteiger charge is -2.05. The highest BCUT2D eigenvalue weighted by Gasteiger charge is 2.00. The van der Waals surface area contributed by atoms with Crippen LogP contribution in [0.1, 0.15) is 84.0 Å². The van der Waals surface area contributed by atoms with Gasteiger partial charge in [0.05, 0.1) is 6.61 Å². The van der Waals surface area contributed by atoms with Gasteiger partial charge in [-0.25, -0.2) is 5.90 Å². The second-order valence-corrected chi connectivity index (χ2v) is 5.51. The summed E-state index contributed by atoms with van der Waals surface area (Å²) in [6.07, 6.45) is 13.7. The fraction of sp³-hybridized carbons (Fsp3) is 0.938. The predicted octanol–water partition coefficient (Wildman–Crippen LogP) is 3.69. The summed E-state index contributed by atoms with van der Waals surface area (Å²) in [6, 6.07) is 0. The first kappa shape index (κ1) is 19.4. The molecule has 0 aromatic heterocycles. The Morgan fingerprint density at radius 3 is 2.20 bits per heavy atom. The molecule has 20 heavy (non-hydrogen) atoms. The summed E-state index contributed by atoms with van der Waals surface area (Å²) in [6.45, 7) is 3.70. The molecular weight excluding hydrogens is 252 g/mol. The Labute approximate surface area is 124 Å². The molecule has 0 aliphatic heterocycles. The fourth-order valence-electron chi connectivity index (χ4n) is 2.22. The zero-order valence-corrected chi connectivity index (χ0v) is 13.3. The number of nitrogens with two attached hydrogens (primary N) is 1. The zero-order valence-electron chi connectivity index (χ0n) is 13.3. The highest BCUT2D eigenvalue weighted by atomic mass is 16.6. The van der Waals surface area contributed by atoms with Gasteiger partial charge >= 0.3 is 0 Å². The lowest BCUT2D eigenvalue weighted by Crippen LogP contribution is -2.23. The van der Waals surface area contributed by atoms with Crippen LogP contribution >= 0.6 is 0 Å². The van der Waals surface area contributed by atoms with Crippen molar-refractivity contribution in [3.05, 3.63) is 0 Å². The average Bonchev–Trinajstić information content (AvgIpc) is 2.45. The van der Waals surface area contributed by atoms with E-state index in [1.807, 2.05) is 0 Å². The van der Waals surface area contributed by atoms with E-state index >= 15 is 0 Å². The highest BCUT2D eigenvalue weighted by Crippen LogP contribution is 2.06. The summed E-state index contributed by atoms with van der Waals surface area (Å²) < 4.78 is 0. The number of hydrogen-bond acceptors (Lipinski definition) is 3. The Morgan fingerprint density at radius 1 is 0.900 bits per heavy atom. The molecule has 0 aliphatic carbocycles. The molecule has 0 bridgehead atoms. The number of nitrogens with one attached hydrogen (secondary N) is 1. The number of carbonyl (C=O) groups excluding carboxylic acids is 1. The molecule has 0 aromatic rings. The van der Waals surface area contributed by atoms with Crippen LogP contribution in [-0.4, -0.2) is 19.1 Å².